The number of carbonyl (C=O) groups is 3. The molecule has 1 saturated heterocycles. The van der Waals surface area contributed by atoms with Crippen molar-refractivity contribution in [3.8, 4) is 0 Å². The number of nitrogens with two attached hydrogens (primary N) is 1. The summed E-state index contributed by atoms with van der Waals surface area (Å²) in [6.45, 7) is 8.43. The van der Waals surface area contributed by atoms with Crippen molar-refractivity contribution in [3.05, 3.63) is 0 Å². The zero-order valence-corrected chi connectivity index (χ0v) is 14.2. The summed E-state index contributed by atoms with van der Waals surface area (Å²) in [4.78, 5) is 35.7. The summed E-state index contributed by atoms with van der Waals surface area (Å²) >= 11 is 0. The maximum absolute atomic E-state index is 11.6. The number of piperidine rings is 1. The number of hydrogen-bond donors (Lipinski definition) is 3. The first kappa shape index (κ1) is 19.2. The molecule has 0 atom stereocenters. The lowest BCUT2D eigenvalue weighted by Gasteiger charge is -2.32. The van der Waals surface area contributed by atoms with Crippen LogP contribution in [-0.4, -0.2) is 54.7 Å². The molecule has 0 radical (unpaired) electrons. The van der Waals surface area contributed by atoms with Crippen LogP contribution in [0, 0.1) is 5.92 Å². The molecule has 4 N–H and O–H groups in total. The van der Waals surface area contributed by atoms with Gasteiger partial charge in [-0.3, -0.25) is 10.1 Å². The second-order valence-electron chi connectivity index (χ2n) is 6.83. The van der Waals surface area contributed by atoms with Crippen LogP contribution in [-0.2, 0) is 9.53 Å². The van der Waals surface area contributed by atoms with Crippen molar-refractivity contribution < 1.29 is 19.1 Å². The topological polar surface area (TPSA) is 114 Å². The van der Waals surface area contributed by atoms with Crippen molar-refractivity contribution in [2.24, 2.45) is 11.7 Å². The Morgan fingerprint density at radius 2 is 1.83 bits per heavy atom. The smallest absolute Gasteiger partial charge is 0.407 e. The van der Waals surface area contributed by atoms with Gasteiger partial charge in [0.15, 0.2) is 0 Å². The van der Waals surface area contributed by atoms with Crippen LogP contribution in [0.2, 0.25) is 0 Å². The molecule has 8 nitrogen and oxygen atoms in total. The number of alkyl carbamates (subject to hydrolysis) is 1. The first-order chi connectivity index (χ1) is 10.7. The summed E-state index contributed by atoms with van der Waals surface area (Å²) in [5, 5.41) is 4.85. The van der Waals surface area contributed by atoms with E-state index in [-0.39, 0.29) is 18.4 Å². The predicted octanol–water partition coefficient (Wildman–Crippen LogP) is 0.808. The van der Waals surface area contributed by atoms with E-state index in [4.69, 9.17) is 10.5 Å². The molecule has 4 amide bonds. The highest BCUT2D eigenvalue weighted by Crippen LogP contribution is 2.16. The van der Waals surface area contributed by atoms with E-state index in [1.807, 2.05) is 20.8 Å². The number of ether oxygens (including phenoxy) is 1. The van der Waals surface area contributed by atoms with Crippen molar-refractivity contribution in [1.29, 1.82) is 0 Å². The Morgan fingerprint density at radius 1 is 1.22 bits per heavy atom. The number of primary amides is 1. The largest absolute Gasteiger partial charge is 0.444 e. The molecule has 23 heavy (non-hydrogen) atoms. The van der Waals surface area contributed by atoms with Gasteiger partial charge in [0.25, 0.3) is 0 Å². The highest BCUT2D eigenvalue weighted by Gasteiger charge is 2.21. The monoisotopic (exact) mass is 328 g/mol. The van der Waals surface area contributed by atoms with E-state index in [9.17, 15) is 14.4 Å². The first-order valence-corrected chi connectivity index (χ1v) is 7.94. The number of urea groups is 1. The minimum absolute atomic E-state index is 0.254. The quantitative estimate of drug-likeness (QED) is 0.691. The van der Waals surface area contributed by atoms with E-state index in [1.54, 1.807) is 0 Å². The molecule has 0 aromatic carbocycles. The fourth-order valence-corrected chi connectivity index (χ4v) is 2.42. The average Bonchev–Trinajstić information content (AvgIpc) is 2.41. The second kappa shape index (κ2) is 8.71. The number of amides is 4. The Kier molecular flexibility index (Phi) is 7.28. The second-order valence-corrected chi connectivity index (χ2v) is 6.83. The molecule has 0 spiro atoms. The van der Waals surface area contributed by atoms with Crippen LogP contribution in [0.15, 0.2) is 0 Å². The van der Waals surface area contributed by atoms with Crippen molar-refractivity contribution in [2.45, 2.75) is 45.6 Å². The van der Waals surface area contributed by atoms with Gasteiger partial charge in [-0.05, 0) is 52.6 Å². The average molecular weight is 328 g/mol. The number of imide groups is 1. The van der Waals surface area contributed by atoms with Crippen LogP contribution in [0.1, 0.15) is 40.0 Å². The van der Waals surface area contributed by atoms with Gasteiger partial charge in [-0.1, -0.05) is 0 Å². The lowest BCUT2D eigenvalue weighted by molar-refractivity contribution is -0.120. The zero-order valence-electron chi connectivity index (χ0n) is 14.2. The summed E-state index contributed by atoms with van der Waals surface area (Å²) in [5.74, 6) is 0.0597. The zero-order chi connectivity index (χ0) is 17.5. The Labute approximate surface area is 137 Å². The van der Waals surface area contributed by atoms with Gasteiger partial charge in [-0.15, -0.1) is 0 Å². The van der Waals surface area contributed by atoms with E-state index < -0.39 is 11.6 Å². The van der Waals surface area contributed by atoms with Crippen LogP contribution < -0.4 is 16.4 Å². The van der Waals surface area contributed by atoms with E-state index in [1.165, 1.54) is 0 Å². The van der Waals surface area contributed by atoms with Gasteiger partial charge < -0.3 is 20.7 Å². The molecule has 1 heterocycles. The van der Waals surface area contributed by atoms with Gasteiger partial charge in [-0.2, -0.15) is 0 Å². The Bertz CT molecular complexity index is 426. The highest BCUT2D eigenvalue weighted by molar-refractivity contribution is 5.93. The molecule has 1 aliphatic rings. The number of likely N-dealkylation sites (tertiary alicyclic amines) is 1. The minimum atomic E-state index is -0.818. The molecule has 0 bridgehead atoms. The normalized spacial score (nSPS) is 16.7. The van der Waals surface area contributed by atoms with Crippen molar-refractivity contribution in [3.63, 3.8) is 0 Å². The minimum Gasteiger partial charge on any atom is -0.444 e. The van der Waals surface area contributed by atoms with Crippen LogP contribution >= 0.6 is 0 Å². The fraction of sp³-hybridized carbons (Fsp3) is 0.800. The van der Waals surface area contributed by atoms with E-state index in [0.717, 1.165) is 25.9 Å². The fourth-order valence-electron chi connectivity index (χ4n) is 2.42. The van der Waals surface area contributed by atoms with Gasteiger partial charge in [-0.25, -0.2) is 9.59 Å². The number of carbonyl (C=O) groups excluding carboxylic acids is 3. The van der Waals surface area contributed by atoms with Crippen molar-refractivity contribution in [2.75, 3.05) is 26.2 Å². The van der Waals surface area contributed by atoms with E-state index in [0.29, 0.717) is 19.0 Å². The Balaban J connectivity index is 2.17. The third-order valence-electron chi connectivity index (χ3n) is 3.56. The Morgan fingerprint density at radius 3 is 2.35 bits per heavy atom. The molecule has 0 aromatic heterocycles. The number of rotatable bonds is 5. The molecule has 0 unspecified atom stereocenters. The van der Waals surface area contributed by atoms with Gasteiger partial charge in [0.1, 0.15) is 5.60 Å². The maximum atomic E-state index is 11.6. The summed E-state index contributed by atoms with van der Waals surface area (Å²) in [7, 11) is 0. The molecule has 1 fully saturated rings. The van der Waals surface area contributed by atoms with Crippen LogP contribution in [0.5, 0.6) is 0 Å². The van der Waals surface area contributed by atoms with Gasteiger partial charge in [0, 0.05) is 19.5 Å². The first-order valence-electron chi connectivity index (χ1n) is 7.94. The number of nitrogens with one attached hydrogen (secondary N) is 2. The van der Waals surface area contributed by atoms with Crippen molar-refractivity contribution in [1.82, 2.24) is 15.5 Å². The molecule has 0 aliphatic carbocycles. The van der Waals surface area contributed by atoms with Crippen molar-refractivity contribution >= 4 is 18.0 Å². The number of nitrogens with zero attached hydrogens (tertiary/aromatic N) is 1. The summed E-state index contributed by atoms with van der Waals surface area (Å²) in [6.07, 6.45) is 1.77. The number of hydrogen-bond acceptors (Lipinski definition) is 5. The standard InChI is InChI=1S/C15H28N4O4/c1-15(2,3)23-14(22)17-10-11-4-7-19(8-5-11)9-6-12(20)18-13(16)21/h11H,4-10H2,1-3H3,(H,17,22)(H3,16,18,20,21). The Hall–Kier alpha value is -1.83. The van der Waals surface area contributed by atoms with Gasteiger partial charge in [0.05, 0.1) is 0 Å². The van der Waals surface area contributed by atoms with Crippen LogP contribution in [0.25, 0.3) is 0 Å². The lowest BCUT2D eigenvalue weighted by Crippen LogP contribution is -2.42. The predicted molar refractivity (Wildman–Crippen MR) is 85.7 cm³/mol. The molecule has 1 aliphatic heterocycles. The SMILES string of the molecule is CC(C)(C)OC(=O)NCC1CCN(CCC(=O)NC(N)=O)CC1. The highest BCUT2D eigenvalue weighted by atomic mass is 16.6. The third kappa shape index (κ3) is 9.02. The molecular formula is C15H28N4O4. The summed E-state index contributed by atoms with van der Waals surface area (Å²) in [6, 6.07) is -0.818. The van der Waals surface area contributed by atoms with E-state index >= 15 is 0 Å². The molecule has 1 rings (SSSR count). The third-order valence-corrected chi connectivity index (χ3v) is 3.56. The van der Waals surface area contributed by atoms with Gasteiger partial charge >= 0.3 is 12.1 Å². The molecule has 0 saturated carbocycles. The maximum Gasteiger partial charge on any atom is 0.407 e. The molecule has 132 valence electrons. The summed E-state index contributed by atoms with van der Waals surface area (Å²) < 4.78 is 5.20. The lowest BCUT2D eigenvalue weighted by atomic mass is 9.97. The van der Waals surface area contributed by atoms with Crippen LogP contribution in [0.4, 0.5) is 9.59 Å². The van der Waals surface area contributed by atoms with Gasteiger partial charge in [0.2, 0.25) is 5.91 Å². The molecular weight excluding hydrogens is 300 g/mol. The summed E-state index contributed by atoms with van der Waals surface area (Å²) in [5.41, 5.74) is 4.40. The molecule has 0 aromatic rings. The van der Waals surface area contributed by atoms with E-state index in [2.05, 4.69) is 15.5 Å². The van der Waals surface area contributed by atoms with Crippen LogP contribution in [0.3, 0.4) is 0 Å². The molecule has 8 heteroatoms.